The van der Waals surface area contributed by atoms with Crippen LogP contribution in [-0.2, 0) is 20.8 Å². The first-order valence-corrected chi connectivity index (χ1v) is 12.5. The number of amides is 1. The van der Waals surface area contributed by atoms with Gasteiger partial charge in [0.15, 0.2) is 11.5 Å². The van der Waals surface area contributed by atoms with E-state index in [4.69, 9.17) is 40.0 Å². The minimum Gasteiger partial charge on any atom is -0.496 e. The van der Waals surface area contributed by atoms with Crippen LogP contribution in [0.2, 0.25) is 5.02 Å². The van der Waals surface area contributed by atoms with Crippen molar-refractivity contribution in [3.8, 4) is 23.0 Å². The molecule has 2 aromatic carbocycles. The van der Waals surface area contributed by atoms with E-state index in [-0.39, 0.29) is 25.7 Å². The molecular formula is C26H31ClN2O7. The molecule has 0 N–H and O–H groups in total. The topological polar surface area (TPSA) is 78.9 Å². The molecule has 0 aliphatic carbocycles. The van der Waals surface area contributed by atoms with Crippen molar-refractivity contribution in [1.82, 2.24) is 9.80 Å². The number of benzene rings is 2. The van der Waals surface area contributed by atoms with E-state index in [2.05, 4.69) is 4.90 Å². The number of hydrogen-bond donors (Lipinski definition) is 0. The molecule has 0 spiro atoms. The van der Waals surface area contributed by atoms with E-state index in [0.717, 1.165) is 11.3 Å². The van der Waals surface area contributed by atoms with Gasteiger partial charge in [0.1, 0.15) is 23.7 Å². The van der Waals surface area contributed by atoms with Crippen LogP contribution in [0.1, 0.15) is 12.0 Å². The maximum absolute atomic E-state index is 13.3. The van der Waals surface area contributed by atoms with Gasteiger partial charge in [0.25, 0.3) is 0 Å². The van der Waals surface area contributed by atoms with Crippen molar-refractivity contribution in [2.24, 2.45) is 0 Å². The lowest BCUT2D eigenvalue weighted by Gasteiger charge is -2.43. The fourth-order valence-electron chi connectivity index (χ4n) is 4.77. The highest BCUT2D eigenvalue weighted by Gasteiger charge is 2.41. The van der Waals surface area contributed by atoms with Crippen LogP contribution in [0.5, 0.6) is 23.0 Å². The Bertz CT molecular complexity index is 1060. The predicted octanol–water partition coefficient (Wildman–Crippen LogP) is 2.98. The molecule has 5 rings (SSSR count). The number of ether oxygens (including phenoxy) is 6. The van der Waals surface area contributed by atoms with Gasteiger partial charge in [-0.1, -0.05) is 11.6 Å². The Morgan fingerprint density at radius 3 is 2.56 bits per heavy atom. The van der Waals surface area contributed by atoms with Gasteiger partial charge in [0.05, 0.1) is 33.4 Å². The van der Waals surface area contributed by atoms with Crippen molar-refractivity contribution < 1.29 is 33.2 Å². The number of fused-ring (bicyclic) bond motifs is 1. The quantitative estimate of drug-likeness (QED) is 0.528. The summed E-state index contributed by atoms with van der Waals surface area (Å²) in [5.74, 6) is 2.84. The minimum absolute atomic E-state index is 0.0421. The summed E-state index contributed by atoms with van der Waals surface area (Å²) in [5.41, 5.74) is 0.173. The zero-order chi connectivity index (χ0) is 25.0. The fourth-order valence-corrected chi connectivity index (χ4v) is 4.90. The van der Waals surface area contributed by atoms with Crippen molar-refractivity contribution in [1.29, 1.82) is 0 Å². The second-order valence-corrected chi connectivity index (χ2v) is 9.61. The van der Waals surface area contributed by atoms with Gasteiger partial charge >= 0.3 is 0 Å². The molecule has 0 radical (unpaired) electrons. The average Bonchev–Trinajstić information content (AvgIpc) is 3.36. The molecule has 0 aromatic heterocycles. The summed E-state index contributed by atoms with van der Waals surface area (Å²) < 4.78 is 34.6. The third kappa shape index (κ3) is 5.81. The van der Waals surface area contributed by atoms with Crippen LogP contribution in [0.4, 0.5) is 0 Å². The van der Waals surface area contributed by atoms with Gasteiger partial charge in [0, 0.05) is 49.4 Å². The largest absolute Gasteiger partial charge is 0.496 e. The third-order valence-electron chi connectivity index (χ3n) is 6.65. The first-order valence-electron chi connectivity index (χ1n) is 12.1. The Morgan fingerprint density at radius 1 is 1.06 bits per heavy atom. The molecule has 9 nitrogen and oxygen atoms in total. The molecule has 10 heteroatoms. The summed E-state index contributed by atoms with van der Waals surface area (Å²) in [6, 6.07) is 11.0. The molecule has 2 aromatic rings. The fraction of sp³-hybridized carbons (Fsp3) is 0.500. The van der Waals surface area contributed by atoms with Crippen LogP contribution >= 0.6 is 11.6 Å². The molecule has 1 amide bonds. The van der Waals surface area contributed by atoms with Gasteiger partial charge in [-0.05, 0) is 30.3 Å². The molecule has 0 saturated carbocycles. The summed E-state index contributed by atoms with van der Waals surface area (Å²) in [6.07, 6.45) is 0.218. The molecule has 3 aliphatic rings. The average molecular weight is 519 g/mol. The highest BCUT2D eigenvalue weighted by Crippen LogP contribution is 2.39. The summed E-state index contributed by atoms with van der Waals surface area (Å²) >= 11 is 6.02. The Morgan fingerprint density at radius 2 is 1.81 bits per heavy atom. The first kappa shape index (κ1) is 25.0. The van der Waals surface area contributed by atoms with Crippen LogP contribution in [0.3, 0.4) is 0 Å². The highest BCUT2D eigenvalue weighted by atomic mass is 35.5. The number of methoxy groups -OCH3 is 1. The second kappa shape index (κ2) is 11.1. The number of carbonyl (C=O) groups excluding carboxylic acids is 1. The third-order valence-corrected chi connectivity index (χ3v) is 6.90. The molecule has 3 aliphatic heterocycles. The van der Waals surface area contributed by atoms with Crippen LogP contribution in [0.25, 0.3) is 0 Å². The van der Waals surface area contributed by atoms with Crippen LogP contribution in [0, 0.1) is 0 Å². The molecule has 2 saturated heterocycles. The van der Waals surface area contributed by atoms with Crippen LogP contribution in [0.15, 0.2) is 36.4 Å². The van der Waals surface area contributed by atoms with E-state index in [1.165, 1.54) is 0 Å². The number of nitrogens with zero attached hydrogens (tertiary/aromatic N) is 2. The van der Waals surface area contributed by atoms with Crippen molar-refractivity contribution >= 4 is 17.5 Å². The predicted molar refractivity (Wildman–Crippen MR) is 132 cm³/mol. The van der Waals surface area contributed by atoms with Crippen LogP contribution in [-0.4, -0.2) is 87.8 Å². The monoisotopic (exact) mass is 518 g/mol. The Hall–Kier alpha value is -2.72. The van der Waals surface area contributed by atoms with Gasteiger partial charge in [-0.3, -0.25) is 9.69 Å². The summed E-state index contributed by atoms with van der Waals surface area (Å²) in [7, 11) is 1.64. The summed E-state index contributed by atoms with van der Waals surface area (Å²) in [5, 5.41) is 0.636. The Balaban J connectivity index is 1.34. The maximum Gasteiger partial charge on any atom is 0.231 e. The van der Waals surface area contributed by atoms with E-state index in [9.17, 15) is 4.79 Å². The lowest BCUT2D eigenvalue weighted by molar-refractivity contribution is -0.159. The van der Waals surface area contributed by atoms with Crippen molar-refractivity contribution in [3.63, 3.8) is 0 Å². The molecule has 2 fully saturated rings. The normalized spacial score (nSPS) is 21.9. The maximum atomic E-state index is 13.3. The van der Waals surface area contributed by atoms with Gasteiger partial charge in [-0.15, -0.1) is 0 Å². The van der Waals surface area contributed by atoms with Gasteiger partial charge < -0.3 is 33.3 Å². The number of morpholine rings is 2. The molecule has 0 unspecified atom stereocenters. The molecule has 0 bridgehead atoms. The van der Waals surface area contributed by atoms with Gasteiger partial charge in [-0.2, -0.15) is 0 Å². The molecular weight excluding hydrogens is 488 g/mol. The lowest BCUT2D eigenvalue weighted by atomic mass is 9.96. The standard InChI is InChI=1S/C26H31ClN2O7/c1-31-22-13-24-23(34-18-35-24)12-19(22)15-28-6-11-36-26(16-28,14-25(30)29-7-9-32-10-8-29)17-33-21-4-2-20(27)3-5-21/h2-5,12-13H,6-11,14-18H2,1H3/t26-/m1/s1. The SMILES string of the molecule is COc1cc2c(cc1CN1CCO[C@](COc3ccc(Cl)cc3)(CC(=O)N3CCOCC3)C1)OCO2. The molecule has 3 heterocycles. The number of halogens is 1. The zero-order valence-corrected chi connectivity index (χ0v) is 21.1. The Labute approximate surface area is 215 Å². The van der Waals surface area contributed by atoms with Gasteiger partial charge in [-0.25, -0.2) is 0 Å². The van der Waals surface area contributed by atoms with Crippen LogP contribution < -0.4 is 18.9 Å². The number of hydrogen-bond acceptors (Lipinski definition) is 8. The van der Waals surface area contributed by atoms with E-state index in [0.29, 0.717) is 74.8 Å². The van der Waals surface area contributed by atoms with E-state index in [1.54, 1.807) is 19.2 Å². The second-order valence-electron chi connectivity index (χ2n) is 9.17. The Kier molecular flexibility index (Phi) is 7.71. The summed E-state index contributed by atoms with van der Waals surface area (Å²) in [6.45, 7) is 5.04. The minimum atomic E-state index is -0.809. The van der Waals surface area contributed by atoms with Gasteiger partial charge in [0.2, 0.25) is 12.7 Å². The molecule has 36 heavy (non-hydrogen) atoms. The summed E-state index contributed by atoms with van der Waals surface area (Å²) in [4.78, 5) is 17.4. The van der Waals surface area contributed by atoms with E-state index in [1.807, 2.05) is 29.2 Å². The van der Waals surface area contributed by atoms with Crippen molar-refractivity contribution in [2.45, 2.75) is 18.6 Å². The number of carbonyl (C=O) groups is 1. The van der Waals surface area contributed by atoms with E-state index < -0.39 is 5.60 Å². The first-order chi connectivity index (χ1) is 17.5. The zero-order valence-electron chi connectivity index (χ0n) is 20.4. The van der Waals surface area contributed by atoms with E-state index >= 15 is 0 Å². The molecule has 194 valence electrons. The van der Waals surface area contributed by atoms with Crippen molar-refractivity contribution in [2.75, 3.05) is 66.5 Å². The molecule has 1 atom stereocenters. The smallest absolute Gasteiger partial charge is 0.231 e. The highest BCUT2D eigenvalue weighted by molar-refractivity contribution is 6.30. The number of rotatable bonds is 8. The van der Waals surface area contributed by atoms with Crippen molar-refractivity contribution in [3.05, 3.63) is 47.0 Å². The lowest BCUT2D eigenvalue weighted by Crippen LogP contribution is -2.57.